The number of fused-ring (bicyclic) bond motifs is 1. The predicted molar refractivity (Wildman–Crippen MR) is 88.6 cm³/mol. The Morgan fingerprint density at radius 2 is 2.20 bits per heavy atom. The number of likely N-dealkylation sites (tertiary alicyclic amines) is 1. The van der Waals surface area contributed by atoms with Crippen LogP contribution in [-0.2, 0) is 14.4 Å². The van der Waals surface area contributed by atoms with Gasteiger partial charge in [0.15, 0.2) is 0 Å². The molecule has 2 fully saturated rings. The zero-order chi connectivity index (χ0) is 18.2. The largest absolute Gasteiger partial charge is 0.481 e. The molecule has 3 rings (SSSR count). The highest BCUT2D eigenvalue weighted by molar-refractivity contribution is 5.87. The van der Waals surface area contributed by atoms with Crippen LogP contribution in [0.1, 0.15) is 32.2 Å². The summed E-state index contributed by atoms with van der Waals surface area (Å²) >= 11 is 0. The molecule has 0 aromatic carbocycles. The third kappa shape index (κ3) is 3.01. The first-order chi connectivity index (χ1) is 11.8. The number of hydrogen-bond donors (Lipinski definition) is 1. The minimum Gasteiger partial charge on any atom is -0.481 e. The Kier molecular flexibility index (Phi) is 4.53. The third-order valence-electron chi connectivity index (χ3n) is 5.68. The van der Waals surface area contributed by atoms with Crippen LogP contribution in [0.5, 0.6) is 0 Å². The van der Waals surface area contributed by atoms with Crippen LogP contribution in [0.2, 0.25) is 0 Å². The van der Waals surface area contributed by atoms with E-state index in [2.05, 4.69) is 5.10 Å². The molecule has 2 aliphatic rings. The van der Waals surface area contributed by atoms with Gasteiger partial charge >= 0.3 is 5.97 Å². The summed E-state index contributed by atoms with van der Waals surface area (Å²) < 4.78 is 1.54. The van der Waals surface area contributed by atoms with Crippen LogP contribution in [0.3, 0.4) is 0 Å². The highest BCUT2D eigenvalue weighted by Crippen LogP contribution is 2.48. The molecule has 0 radical (unpaired) electrons. The number of hydrogen-bond acceptors (Lipinski definition) is 4. The van der Waals surface area contributed by atoms with Crippen LogP contribution < -0.4 is 0 Å². The molecule has 0 spiro atoms. The van der Waals surface area contributed by atoms with E-state index < -0.39 is 17.4 Å². The number of nitrogens with zero attached hydrogens (tertiary/aromatic N) is 4. The Bertz CT molecular complexity index is 674. The van der Waals surface area contributed by atoms with E-state index in [4.69, 9.17) is 0 Å². The third-order valence-corrected chi connectivity index (χ3v) is 5.68. The summed E-state index contributed by atoms with van der Waals surface area (Å²) in [7, 11) is 1.59. The smallest absolute Gasteiger partial charge is 0.311 e. The summed E-state index contributed by atoms with van der Waals surface area (Å²) in [6.45, 7) is 2.41. The average Bonchev–Trinajstić information content (AvgIpc) is 3.27. The summed E-state index contributed by atoms with van der Waals surface area (Å²) in [5.41, 5.74) is -0.791. The molecule has 1 aromatic heterocycles. The first kappa shape index (κ1) is 17.4. The van der Waals surface area contributed by atoms with E-state index in [1.54, 1.807) is 42.0 Å². The molecule has 8 heteroatoms. The maximum atomic E-state index is 12.6. The number of carboxylic acids is 1. The van der Waals surface area contributed by atoms with Gasteiger partial charge in [-0.3, -0.25) is 19.1 Å². The van der Waals surface area contributed by atoms with E-state index >= 15 is 0 Å². The first-order valence-corrected chi connectivity index (χ1v) is 8.60. The van der Waals surface area contributed by atoms with Gasteiger partial charge in [0.2, 0.25) is 11.8 Å². The lowest BCUT2D eigenvalue weighted by Crippen LogP contribution is -2.43. The van der Waals surface area contributed by atoms with Crippen LogP contribution in [0, 0.1) is 11.3 Å². The normalized spacial score (nSPS) is 26.3. The molecule has 136 valence electrons. The maximum absolute atomic E-state index is 12.6. The zero-order valence-corrected chi connectivity index (χ0v) is 14.6. The zero-order valence-electron chi connectivity index (χ0n) is 14.6. The van der Waals surface area contributed by atoms with Gasteiger partial charge in [0.05, 0.1) is 12.0 Å². The Morgan fingerprint density at radius 3 is 2.80 bits per heavy atom. The van der Waals surface area contributed by atoms with Gasteiger partial charge in [-0.1, -0.05) is 6.42 Å². The van der Waals surface area contributed by atoms with E-state index in [0.29, 0.717) is 13.0 Å². The van der Waals surface area contributed by atoms with Crippen molar-refractivity contribution < 1.29 is 19.5 Å². The second kappa shape index (κ2) is 6.50. The van der Waals surface area contributed by atoms with Crippen LogP contribution in [0.4, 0.5) is 0 Å². The van der Waals surface area contributed by atoms with E-state index in [1.165, 1.54) is 4.90 Å². The molecule has 1 aliphatic heterocycles. The van der Waals surface area contributed by atoms with Crippen molar-refractivity contribution in [3.63, 3.8) is 0 Å². The highest BCUT2D eigenvalue weighted by atomic mass is 16.4. The fourth-order valence-electron chi connectivity index (χ4n) is 4.15. The molecule has 1 saturated carbocycles. The van der Waals surface area contributed by atoms with Gasteiger partial charge in [-0.25, -0.2) is 0 Å². The summed E-state index contributed by atoms with van der Waals surface area (Å²) in [6.07, 6.45) is 5.68. The van der Waals surface area contributed by atoms with Gasteiger partial charge in [-0.2, -0.15) is 5.10 Å². The van der Waals surface area contributed by atoms with Gasteiger partial charge in [0, 0.05) is 32.5 Å². The number of aromatic nitrogens is 2. The summed E-state index contributed by atoms with van der Waals surface area (Å²) in [4.78, 5) is 39.7. The molecule has 8 nitrogen and oxygen atoms in total. The van der Waals surface area contributed by atoms with Crippen LogP contribution in [-0.4, -0.2) is 69.2 Å². The summed E-state index contributed by atoms with van der Waals surface area (Å²) in [5.74, 6) is -1.18. The molecule has 1 saturated heterocycles. The fourth-order valence-corrected chi connectivity index (χ4v) is 4.15. The number of rotatable bonds is 5. The standard InChI is InChI=1S/C17H24N4O4/c1-12(21-8-4-7-18-21)15(23)19(2)10-14(22)20-9-13-5-3-6-17(13,11-20)16(24)25/h4,7-8,12-13H,3,5-6,9-11H2,1-2H3,(H,24,25)/t12?,13-,17+/m0/s1. The van der Waals surface area contributed by atoms with Crippen LogP contribution in [0.25, 0.3) is 0 Å². The first-order valence-electron chi connectivity index (χ1n) is 8.60. The molecule has 2 heterocycles. The van der Waals surface area contributed by atoms with E-state index in [-0.39, 0.29) is 30.8 Å². The lowest BCUT2D eigenvalue weighted by Gasteiger charge is -2.26. The molecule has 1 aromatic rings. The van der Waals surface area contributed by atoms with Crippen molar-refractivity contribution in [3.8, 4) is 0 Å². The van der Waals surface area contributed by atoms with Gasteiger partial charge in [0.25, 0.3) is 0 Å². The van der Waals surface area contributed by atoms with Crippen molar-refractivity contribution >= 4 is 17.8 Å². The molecule has 1 unspecified atom stereocenters. The number of aliphatic carboxylic acids is 1. The minimum atomic E-state index is -0.804. The summed E-state index contributed by atoms with van der Waals surface area (Å²) in [6, 6.07) is 1.25. The second-order valence-electron chi connectivity index (χ2n) is 7.18. The fraction of sp³-hybridized carbons (Fsp3) is 0.647. The molecule has 2 amide bonds. The second-order valence-corrected chi connectivity index (χ2v) is 7.18. The minimum absolute atomic E-state index is 0.0259. The molecule has 3 atom stereocenters. The SMILES string of the molecule is CC(C(=O)N(C)CC(=O)N1C[C@@H]2CCC[C@@]2(C(=O)O)C1)n1cccn1. The van der Waals surface area contributed by atoms with Crippen molar-refractivity contribution in [1.82, 2.24) is 19.6 Å². The van der Waals surface area contributed by atoms with Crippen LogP contribution >= 0.6 is 0 Å². The molecular weight excluding hydrogens is 324 g/mol. The van der Waals surface area contributed by atoms with Crippen molar-refractivity contribution in [3.05, 3.63) is 18.5 Å². The van der Waals surface area contributed by atoms with Crippen molar-refractivity contribution in [2.24, 2.45) is 11.3 Å². The molecule has 1 aliphatic carbocycles. The number of likely N-dealkylation sites (N-methyl/N-ethyl adjacent to an activating group) is 1. The number of amides is 2. The highest BCUT2D eigenvalue weighted by Gasteiger charge is 2.55. The van der Waals surface area contributed by atoms with Gasteiger partial charge in [-0.05, 0) is 31.7 Å². The summed E-state index contributed by atoms with van der Waals surface area (Å²) in [5, 5.41) is 13.7. The van der Waals surface area contributed by atoms with Crippen molar-refractivity contribution in [2.75, 3.05) is 26.7 Å². The Morgan fingerprint density at radius 1 is 1.44 bits per heavy atom. The van der Waals surface area contributed by atoms with E-state index in [1.807, 2.05) is 0 Å². The van der Waals surface area contributed by atoms with Gasteiger partial charge in [0.1, 0.15) is 6.04 Å². The van der Waals surface area contributed by atoms with E-state index in [9.17, 15) is 19.5 Å². The topological polar surface area (TPSA) is 95.7 Å². The number of carbonyl (C=O) groups excluding carboxylic acids is 2. The average molecular weight is 348 g/mol. The lowest BCUT2D eigenvalue weighted by atomic mass is 9.81. The van der Waals surface area contributed by atoms with Crippen molar-refractivity contribution in [2.45, 2.75) is 32.2 Å². The van der Waals surface area contributed by atoms with Gasteiger partial charge < -0.3 is 14.9 Å². The quantitative estimate of drug-likeness (QED) is 0.841. The van der Waals surface area contributed by atoms with Gasteiger partial charge in [-0.15, -0.1) is 0 Å². The molecule has 1 N–H and O–H groups in total. The molecule has 0 bridgehead atoms. The Hall–Kier alpha value is -2.38. The maximum Gasteiger partial charge on any atom is 0.311 e. The number of carboxylic acid groups (broad SMARTS) is 1. The van der Waals surface area contributed by atoms with E-state index in [0.717, 1.165) is 12.8 Å². The Labute approximate surface area is 146 Å². The van der Waals surface area contributed by atoms with Crippen LogP contribution in [0.15, 0.2) is 18.5 Å². The van der Waals surface area contributed by atoms with Crippen molar-refractivity contribution in [1.29, 1.82) is 0 Å². The molecule has 25 heavy (non-hydrogen) atoms. The Balaban J connectivity index is 1.61. The monoisotopic (exact) mass is 348 g/mol. The predicted octanol–water partition coefficient (Wildman–Crippen LogP) is 0.616. The number of carbonyl (C=O) groups is 3. The lowest BCUT2D eigenvalue weighted by molar-refractivity contribution is -0.150. The molecular formula is C17H24N4O4.